The Morgan fingerprint density at radius 1 is 1.45 bits per heavy atom. The monoisotopic (exact) mass is 302 g/mol. The maximum absolute atomic E-state index is 13.6. The molecule has 110 valence electrons. The lowest BCUT2D eigenvalue weighted by molar-refractivity contribution is -0.388. The van der Waals surface area contributed by atoms with E-state index in [4.69, 9.17) is 0 Å². The standard InChI is InChI=1S/C12H15FN2O4S/c1-7-5-10(13)11(15(16)17)8(2)12(7)20(18,19)14-6-9-3-4-9/h5,9,14H,3-4,6H2,1-2H3. The third-order valence-corrected chi connectivity index (χ3v) is 5.05. The summed E-state index contributed by atoms with van der Waals surface area (Å²) in [6.45, 7) is 2.98. The number of nitrogens with zero attached hydrogens (tertiary/aromatic N) is 1. The van der Waals surface area contributed by atoms with Crippen molar-refractivity contribution in [3.63, 3.8) is 0 Å². The van der Waals surface area contributed by atoms with Crippen LogP contribution in [0.25, 0.3) is 0 Å². The van der Waals surface area contributed by atoms with Gasteiger partial charge in [-0.2, -0.15) is 4.39 Å². The fourth-order valence-electron chi connectivity index (χ4n) is 2.17. The molecule has 0 bridgehead atoms. The van der Waals surface area contributed by atoms with Gasteiger partial charge in [0, 0.05) is 6.54 Å². The Balaban J connectivity index is 2.49. The zero-order chi connectivity index (χ0) is 15.1. The Bertz CT molecular complexity index is 669. The molecule has 0 unspecified atom stereocenters. The Kier molecular flexibility index (Phi) is 3.79. The quantitative estimate of drug-likeness (QED) is 0.665. The Morgan fingerprint density at radius 3 is 2.55 bits per heavy atom. The molecule has 1 saturated carbocycles. The van der Waals surface area contributed by atoms with Gasteiger partial charge in [0.1, 0.15) is 0 Å². The first-order valence-corrected chi connectivity index (χ1v) is 7.66. The van der Waals surface area contributed by atoms with Gasteiger partial charge < -0.3 is 0 Å². The fourth-order valence-corrected chi connectivity index (χ4v) is 3.75. The summed E-state index contributed by atoms with van der Waals surface area (Å²) >= 11 is 0. The van der Waals surface area contributed by atoms with Crippen molar-refractivity contribution in [1.29, 1.82) is 0 Å². The summed E-state index contributed by atoms with van der Waals surface area (Å²) in [5, 5.41) is 10.9. The van der Waals surface area contributed by atoms with Crippen LogP contribution in [0.3, 0.4) is 0 Å². The van der Waals surface area contributed by atoms with E-state index in [-0.39, 0.29) is 16.0 Å². The summed E-state index contributed by atoms with van der Waals surface area (Å²) in [6.07, 6.45) is 1.95. The second-order valence-corrected chi connectivity index (χ2v) is 6.73. The Hall–Kier alpha value is -1.54. The summed E-state index contributed by atoms with van der Waals surface area (Å²) < 4.78 is 40.5. The van der Waals surface area contributed by atoms with Crippen LogP contribution >= 0.6 is 0 Å². The van der Waals surface area contributed by atoms with Crippen molar-refractivity contribution in [2.45, 2.75) is 31.6 Å². The Labute approximate surface area is 116 Å². The second kappa shape index (κ2) is 5.10. The SMILES string of the molecule is Cc1cc(F)c([N+](=O)[O-])c(C)c1S(=O)(=O)NCC1CC1. The molecule has 0 atom stereocenters. The summed E-state index contributed by atoms with van der Waals surface area (Å²) in [7, 11) is -3.87. The minimum atomic E-state index is -3.87. The van der Waals surface area contributed by atoms with Crippen LogP contribution < -0.4 is 4.72 Å². The molecule has 1 fully saturated rings. The van der Waals surface area contributed by atoms with E-state index in [0.29, 0.717) is 12.5 Å². The molecular weight excluding hydrogens is 287 g/mol. The van der Waals surface area contributed by atoms with Crippen molar-refractivity contribution in [3.05, 3.63) is 33.1 Å². The van der Waals surface area contributed by atoms with Crippen LogP contribution in [0, 0.1) is 35.7 Å². The van der Waals surface area contributed by atoms with Crippen molar-refractivity contribution in [2.75, 3.05) is 6.54 Å². The number of nitrogens with one attached hydrogen (secondary N) is 1. The van der Waals surface area contributed by atoms with Crippen LogP contribution in [0.1, 0.15) is 24.0 Å². The molecule has 1 aliphatic rings. The van der Waals surface area contributed by atoms with Gasteiger partial charge >= 0.3 is 5.69 Å². The first-order chi connectivity index (χ1) is 9.24. The van der Waals surface area contributed by atoms with Crippen LogP contribution in [0.5, 0.6) is 0 Å². The lowest BCUT2D eigenvalue weighted by Gasteiger charge is -2.12. The summed E-state index contributed by atoms with van der Waals surface area (Å²) in [5.74, 6) is -0.688. The molecule has 1 aliphatic carbocycles. The molecule has 0 heterocycles. The molecule has 1 aromatic carbocycles. The molecule has 6 nitrogen and oxygen atoms in total. The fraction of sp³-hybridized carbons (Fsp3) is 0.500. The van der Waals surface area contributed by atoms with Crippen LogP contribution in [0.4, 0.5) is 10.1 Å². The molecule has 0 amide bonds. The lowest BCUT2D eigenvalue weighted by Crippen LogP contribution is -2.27. The number of nitro groups is 1. The number of halogens is 1. The molecule has 1 aromatic rings. The van der Waals surface area contributed by atoms with Crippen molar-refractivity contribution in [1.82, 2.24) is 4.72 Å². The largest absolute Gasteiger partial charge is 0.309 e. The van der Waals surface area contributed by atoms with E-state index in [9.17, 15) is 22.9 Å². The van der Waals surface area contributed by atoms with Gasteiger partial charge in [0.05, 0.1) is 15.4 Å². The van der Waals surface area contributed by atoms with E-state index in [1.807, 2.05) is 0 Å². The molecule has 0 saturated heterocycles. The third-order valence-electron chi connectivity index (χ3n) is 3.33. The highest BCUT2D eigenvalue weighted by Gasteiger charge is 2.30. The van der Waals surface area contributed by atoms with E-state index in [0.717, 1.165) is 18.9 Å². The minimum absolute atomic E-state index is 0.161. The summed E-state index contributed by atoms with van der Waals surface area (Å²) in [6, 6.07) is 0.886. The molecule has 0 aromatic heterocycles. The van der Waals surface area contributed by atoms with Gasteiger partial charge in [-0.3, -0.25) is 10.1 Å². The number of aryl methyl sites for hydroxylation is 1. The molecule has 20 heavy (non-hydrogen) atoms. The molecule has 1 N–H and O–H groups in total. The number of hydrogen-bond acceptors (Lipinski definition) is 4. The number of benzene rings is 1. The highest BCUT2D eigenvalue weighted by atomic mass is 32.2. The van der Waals surface area contributed by atoms with Gasteiger partial charge in [0.25, 0.3) is 0 Å². The molecular formula is C12H15FN2O4S. The first kappa shape index (κ1) is 14.9. The van der Waals surface area contributed by atoms with Gasteiger partial charge in [-0.1, -0.05) is 0 Å². The van der Waals surface area contributed by atoms with Crippen LogP contribution in [-0.2, 0) is 10.0 Å². The first-order valence-electron chi connectivity index (χ1n) is 6.17. The summed E-state index contributed by atoms with van der Waals surface area (Å²) in [4.78, 5) is 9.76. The molecule has 8 heteroatoms. The molecule has 2 rings (SSSR count). The van der Waals surface area contributed by atoms with E-state index >= 15 is 0 Å². The summed E-state index contributed by atoms with van der Waals surface area (Å²) in [5.41, 5.74) is -0.799. The van der Waals surface area contributed by atoms with Gasteiger partial charge in [-0.05, 0) is 44.2 Å². The normalized spacial score (nSPS) is 15.3. The number of nitro benzene ring substituents is 1. The number of rotatable bonds is 5. The molecule has 0 radical (unpaired) electrons. The zero-order valence-electron chi connectivity index (χ0n) is 11.1. The number of sulfonamides is 1. The maximum Gasteiger partial charge on any atom is 0.309 e. The molecule has 0 aliphatic heterocycles. The van der Waals surface area contributed by atoms with E-state index in [1.54, 1.807) is 0 Å². The van der Waals surface area contributed by atoms with Gasteiger partial charge in [-0.25, -0.2) is 13.1 Å². The van der Waals surface area contributed by atoms with Gasteiger partial charge in [0.2, 0.25) is 15.8 Å². The van der Waals surface area contributed by atoms with Gasteiger partial charge in [0.15, 0.2) is 0 Å². The zero-order valence-corrected chi connectivity index (χ0v) is 12.0. The van der Waals surface area contributed by atoms with Crippen LogP contribution in [-0.4, -0.2) is 19.9 Å². The Morgan fingerprint density at radius 2 is 2.05 bits per heavy atom. The van der Waals surface area contributed by atoms with Crippen molar-refractivity contribution in [2.24, 2.45) is 5.92 Å². The minimum Gasteiger partial charge on any atom is -0.258 e. The highest BCUT2D eigenvalue weighted by molar-refractivity contribution is 7.89. The van der Waals surface area contributed by atoms with Crippen molar-refractivity contribution < 1.29 is 17.7 Å². The lowest BCUT2D eigenvalue weighted by atomic mass is 10.1. The van der Waals surface area contributed by atoms with Crippen molar-refractivity contribution >= 4 is 15.7 Å². The highest BCUT2D eigenvalue weighted by Crippen LogP contribution is 2.32. The molecule has 0 spiro atoms. The number of hydrogen-bond donors (Lipinski definition) is 1. The average molecular weight is 302 g/mol. The van der Waals surface area contributed by atoms with Gasteiger partial charge in [-0.15, -0.1) is 0 Å². The van der Waals surface area contributed by atoms with Crippen LogP contribution in [0.2, 0.25) is 0 Å². The topological polar surface area (TPSA) is 89.3 Å². The predicted octanol–water partition coefficient (Wildman–Crippen LogP) is 2.04. The maximum atomic E-state index is 13.6. The smallest absolute Gasteiger partial charge is 0.258 e. The average Bonchev–Trinajstić information content (AvgIpc) is 3.07. The van der Waals surface area contributed by atoms with Crippen molar-refractivity contribution in [3.8, 4) is 0 Å². The van der Waals surface area contributed by atoms with E-state index in [2.05, 4.69) is 4.72 Å². The third kappa shape index (κ3) is 2.80. The van der Waals surface area contributed by atoms with E-state index in [1.165, 1.54) is 13.8 Å². The van der Waals surface area contributed by atoms with E-state index < -0.39 is 26.5 Å². The van der Waals surface area contributed by atoms with Crippen LogP contribution in [0.15, 0.2) is 11.0 Å². The predicted molar refractivity (Wildman–Crippen MR) is 70.4 cm³/mol. The second-order valence-electron chi connectivity index (χ2n) is 5.03.